The number of ether oxygens (including phenoxy) is 1. The van der Waals surface area contributed by atoms with E-state index in [2.05, 4.69) is 48.7 Å². The van der Waals surface area contributed by atoms with Crippen LogP contribution in [-0.4, -0.2) is 25.6 Å². The fraction of sp³-hybridized carbons (Fsp3) is 0.321. The van der Waals surface area contributed by atoms with Crippen molar-refractivity contribution in [1.29, 1.82) is 0 Å². The van der Waals surface area contributed by atoms with Gasteiger partial charge in [-0.25, -0.2) is 0 Å². The second-order valence-electron chi connectivity index (χ2n) is 9.54. The van der Waals surface area contributed by atoms with Crippen LogP contribution in [0.15, 0.2) is 54.6 Å². The number of nitrogens with zero attached hydrogens (tertiary/aromatic N) is 1. The van der Waals surface area contributed by atoms with Crippen LogP contribution < -0.4 is 20.3 Å². The van der Waals surface area contributed by atoms with Crippen LogP contribution in [0.4, 0.5) is 17.1 Å². The molecule has 0 radical (unpaired) electrons. The molecule has 34 heavy (non-hydrogen) atoms. The molecule has 0 aliphatic carbocycles. The van der Waals surface area contributed by atoms with Crippen LogP contribution in [0.5, 0.6) is 5.75 Å². The van der Waals surface area contributed by atoms with Crippen molar-refractivity contribution in [3.8, 4) is 16.9 Å². The highest BCUT2D eigenvalue weighted by molar-refractivity contribution is 6.31. The molecule has 2 N–H and O–H groups in total. The van der Waals surface area contributed by atoms with E-state index >= 15 is 0 Å². The number of fused-ring (bicyclic) bond motifs is 1. The Morgan fingerprint density at radius 1 is 1.09 bits per heavy atom. The number of amides is 1. The summed E-state index contributed by atoms with van der Waals surface area (Å²) in [4.78, 5) is 15.0. The molecule has 3 aromatic rings. The SMILES string of the molecule is COc1ccc(Cl)cc1-c1ccc2c(c1CNc1ccccc1C(C)C)N(C)C(=O)C(C)(C)N2. The second-order valence-corrected chi connectivity index (χ2v) is 9.98. The lowest BCUT2D eigenvalue weighted by Gasteiger charge is -2.40. The van der Waals surface area contributed by atoms with Crippen molar-refractivity contribution in [2.75, 3.05) is 29.7 Å². The van der Waals surface area contributed by atoms with Crippen LogP contribution in [0.2, 0.25) is 5.02 Å². The number of hydrogen-bond acceptors (Lipinski definition) is 4. The fourth-order valence-electron chi connectivity index (χ4n) is 4.70. The predicted molar refractivity (Wildman–Crippen MR) is 142 cm³/mol. The van der Waals surface area contributed by atoms with Gasteiger partial charge < -0.3 is 20.3 Å². The molecule has 5 nitrogen and oxygen atoms in total. The Hall–Kier alpha value is -3.18. The number of benzene rings is 3. The molecule has 1 aliphatic heterocycles. The molecule has 1 heterocycles. The smallest absolute Gasteiger partial charge is 0.251 e. The van der Waals surface area contributed by atoms with Gasteiger partial charge in [-0.2, -0.15) is 0 Å². The summed E-state index contributed by atoms with van der Waals surface area (Å²) in [6, 6.07) is 18.1. The molecule has 0 saturated heterocycles. The normalized spacial score (nSPS) is 14.6. The van der Waals surface area contributed by atoms with Gasteiger partial charge in [0, 0.05) is 35.4 Å². The van der Waals surface area contributed by atoms with E-state index in [1.54, 1.807) is 12.0 Å². The highest BCUT2D eigenvalue weighted by atomic mass is 35.5. The third-order valence-corrected chi connectivity index (χ3v) is 6.63. The summed E-state index contributed by atoms with van der Waals surface area (Å²) < 4.78 is 5.67. The standard InChI is InChI=1S/C28H32ClN3O2/c1-17(2)19-9-7-8-10-23(19)30-16-22-20(21-15-18(29)11-14-25(21)34-6)12-13-24-26(22)32(5)27(33)28(3,4)31-24/h7-15,17,30-31H,16H2,1-6H3. The van der Waals surface area contributed by atoms with Gasteiger partial charge in [-0.1, -0.05) is 49.7 Å². The van der Waals surface area contributed by atoms with E-state index in [1.165, 1.54) is 5.56 Å². The molecule has 1 aliphatic rings. The number of methoxy groups -OCH3 is 1. The number of nitrogens with one attached hydrogen (secondary N) is 2. The monoisotopic (exact) mass is 477 g/mol. The lowest BCUT2D eigenvalue weighted by Crippen LogP contribution is -2.52. The first kappa shape index (κ1) is 24.0. The summed E-state index contributed by atoms with van der Waals surface area (Å²) in [5.41, 5.74) is 6.27. The number of halogens is 1. The number of rotatable bonds is 6. The molecule has 4 rings (SSSR count). The summed E-state index contributed by atoms with van der Waals surface area (Å²) in [6.45, 7) is 8.70. The zero-order valence-electron chi connectivity index (χ0n) is 20.6. The van der Waals surface area contributed by atoms with E-state index in [0.717, 1.165) is 39.5 Å². The first-order chi connectivity index (χ1) is 16.1. The van der Waals surface area contributed by atoms with Crippen molar-refractivity contribution in [1.82, 2.24) is 0 Å². The van der Waals surface area contributed by atoms with Gasteiger partial charge >= 0.3 is 0 Å². The first-order valence-corrected chi connectivity index (χ1v) is 11.9. The fourth-order valence-corrected chi connectivity index (χ4v) is 4.87. The molecule has 0 unspecified atom stereocenters. The highest BCUT2D eigenvalue weighted by Crippen LogP contribution is 2.44. The summed E-state index contributed by atoms with van der Waals surface area (Å²) in [5.74, 6) is 1.12. The van der Waals surface area contributed by atoms with Crippen LogP contribution in [0.3, 0.4) is 0 Å². The minimum absolute atomic E-state index is 0.0130. The van der Waals surface area contributed by atoms with E-state index in [1.807, 2.05) is 51.2 Å². The molecule has 0 aromatic heterocycles. The van der Waals surface area contributed by atoms with Gasteiger partial charge in [0.1, 0.15) is 11.3 Å². The van der Waals surface area contributed by atoms with Crippen LogP contribution >= 0.6 is 11.6 Å². The molecule has 3 aromatic carbocycles. The highest BCUT2D eigenvalue weighted by Gasteiger charge is 2.38. The number of para-hydroxylation sites is 1. The molecular formula is C28H32ClN3O2. The maximum Gasteiger partial charge on any atom is 0.251 e. The third kappa shape index (κ3) is 4.32. The Kier molecular flexibility index (Phi) is 6.50. The van der Waals surface area contributed by atoms with Gasteiger partial charge in [0.15, 0.2) is 0 Å². The quantitative estimate of drug-likeness (QED) is 0.404. The lowest BCUT2D eigenvalue weighted by atomic mass is 9.91. The van der Waals surface area contributed by atoms with E-state index < -0.39 is 5.54 Å². The zero-order chi connectivity index (χ0) is 24.6. The van der Waals surface area contributed by atoms with Crippen molar-refractivity contribution < 1.29 is 9.53 Å². The molecule has 0 fully saturated rings. The molecular weight excluding hydrogens is 446 g/mol. The summed E-state index contributed by atoms with van der Waals surface area (Å²) in [7, 11) is 3.50. The van der Waals surface area contributed by atoms with E-state index in [-0.39, 0.29) is 5.91 Å². The van der Waals surface area contributed by atoms with Crippen molar-refractivity contribution in [2.24, 2.45) is 0 Å². The molecule has 178 valence electrons. The van der Waals surface area contributed by atoms with E-state index in [4.69, 9.17) is 16.3 Å². The van der Waals surface area contributed by atoms with Crippen molar-refractivity contribution in [3.05, 3.63) is 70.7 Å². The Morgan fingerprint density at radius 2 is 1.82 bits per heavy atom. The summed E-state index contributed by atoms with van der Waals surface area (Å²) in [6.07, 6.45) is 0. The van der Waals surface area contributed by atoms with Gasteiger partial charge in [0.2, 0.25) is 0 Å². The molecule has 1 amide bonds. The zero-order valence-corrected chi connectivity index (χ0v) is 21.4. The maximum absolute atomic E-state index is 13.2. The minimum Gasteiger partial charge on any atom is -0.496 e. The average molecular weight is 478 g/mol. The van der Waals surface area contributed by atoms with Gasteiger partial charge in [-0.05, 0) is 61.2 Å². The average Bonchev–Trinajstić information content (AvgIpc) is 2.81. The Morgan fingerprint density at radius 3 is 2.53 bits per heavy atom. The Bertz CT molecular complexity index is 1240. The topological polar surface area (TPSA) is 53.6 Å². The van der Waals surface area contributed by atoms with Gasteiger partial charge in [-0.3, -0.25) is 4.79 Å². The van der Waals surface area contributed by atoms with Gasteiger partial charge in [-0.15, -0.1) is 0 Å². The number of hydrogen-bond donors (Lipinski definition) is 2. The minimum atomic E-state index is -0.689. The molecule has 0 atom stereocenters. The van der Waals surface area contributed by atoms with Crippen LogP contribution in [-0.2, 0) is 11.3 Å². The number of carbonyl (C=O) groups is 1. The van der Waals surface area contributed by atoms with E-state index in [0.29, 0.717) is 17.5 Å². The molecule has 6 heteroatoms. The summed E-state index contributed by atoms with van der Waals surface area (Å²) in [5, 5.41) is 7.69. The van der Waals surface area contributed by atoms with Crippen LogP contribution in [0.1, 0.15) is 44.7 Å². The third-order valence-electron chi connectivity index (χ3n) is 6.39. The predicted octanol–water partition coefficient (Wildman–Crippen LogP) is 6.92. The van der Waals surface area contributed by atoms with Crippen molar-refractivity contribution in [2.45, 2.75) is 45.7 Å². The van der Waals surface area contributed by atoms with Crippen LogP contribution in [0, 0.1) is 0 Å². The van der Waals surface area contributed by atoms with Crippen LogP contribution in [0.25, 0.3) is 11.1 Å². The second kappa shape index (κ2) is 9.22. The van der Waals surface area contributed by atoms with E-state index in [9.17, 15) is 4.79 Å². The first-order valence-electron chi connectivity index (χ1n) is 11.5. The largest absolute Gasteiger partial charge is 0.496 e. The number of carbonyl (C=O) groups excluding carboxylic acids is 1. The maximum atomic E-state index is 13.2. The number of likely N-dealkylation sites (N-methyl/N-ethyl adjacent to an activating group) is 1. The summed E-state index contributed by atoms with van der Waals surface area (Å²) >= 11 is 6.39. The molecule has 0 bridgehead atoms. The molecule has 0 spiro atoms. The number of anilines is 3. The Balaban J connectivity index is 1.89. The van der Waals surface area contributed by atoms with Gasteiger partial charge in [0.25, 0.3) is 5.91 Å². The van der Waals surface area contributed by atoms with Gasteiger partial charge in [0.05, 0.1) is 18.5 Å². The lowest BCUT2D eigenvalue weighted by molar-refractivity contribution is -0.121. The van der Waals surface area contributed by atoms with Crippen molar-refractivity contribution >= 4 is 34.6 Å². The van der Waals surface area contributed by atoms with Crippen molar-refractivity contribution in [3.63, 3.8) is 0 Å². The Labute approximate surface area is 207 Å². The molecule has 0 saturated carbocycles.